The first-order chi connectivity index (χ1) is 9.24. The van der Waals surface area contributed by atoms with Gasteiger partial charge in [-0.2, -0.15) is 13.2 Å². The Labute approximate surface area is 111 Å². The molecule has 1 rings (SSSR count). The Morgan fingerprint density at radius 1 is 1.35 bits per heavy atom. The van der Waals surface area contributed by atoms with Crippen molar-refractivity contribution in [2.45, 2.75) is 18.6 Å². The maximum absolute atomic E-state index is 12.4. The Kier molecular flexibility index (Phi) is 4.78. The van der Waals surface area contributed by atoms with E-state index in [1.807, 2.05) is 5.32 Å². The van der Waals surface area contributed by atoms with Crippen molar-refractivity contribution in [2.24, 2.45) is 10.9 Å². The van der Waals surface area contributed by atoms with Gasteiger partial charge < -0.3 is 21.4 Å². The molecule has 6 nitrogen and oxygen atoms in total. The minimum Gasteiger partial charge on any atom is -0.465 e. The van der Waals surface area contributed by atoms with Gasteiger partial charge >= 0.3 is 12.3 Å². The molecule has 1 aromatic rings. The van der Waals surface area contributed by atoms with Crippen LogP contribution in [0.3, 0.4) is 0 Å². The summed E-state index contributed by atoms with van der Waals surface area (Å²) in [7, 11) is 0. The van der Waals surface area contributed by atoms with E-state index in [2.05, 4.69) is 5.16 Å². The molecule has 1 aromatic carbocycles. The molecule has 5 N–H and O–H groups in total. The van der Waals surface area contributed by atoms with E-state index in [1.54, 1.807) is 0 Å². The van der Waals surface area contributed by atoms with Gasteiger partial charge in [0.2, 0.25) is 0 Å². The molecule has 0 spiro atoms. The molecule has 0 aliphatic rings. The Balaban J connectivity index is 2.86. The molecule has 0 saturated carbocycles. The number of hydrogen-bond donors (Lipinski definition) is 4. The summed E-state index contributed by atoms with van der Waals surface area (Å²) < 4.78 is 37.1. The number of halogens is 3. The number of benzene rings is 1. The van der Waals surface area contributed by atoms with Crippen molar-refractivity contribution < 1.29 is 28.3 Å². The van der Waals surface area contributed by atoms with E-state index in [0.29, 0.717) is 5.56 Å². The average Bonchev–Trinajstić information content (AvgIpc) is 2.36. The molecule has 0 bridgehead atoms. The quantitative estimate of drug-likeness (QED) is 0.292. The molecule has 0 aliphatic heterocycles. The van der Waals surface area contributed by atoms with Crippen molar-refractivity contribution in [3.05, 3.63) is 35.4 Å². The first kappa shape index (κ1) is 15.6. The van der Waals surface area contributed by atoms with Gasteiger partial charge in [0, 0.05) is 6.42 Å². The first-order valence-electron chi connectivity index (χ1n) is 5.37. The van der Waals surface area contributed by atoms with Crippen LogP contribution in [0.25, 0.3) is 0 Å². The number of carbonyl (C=O) groups is 1. The Hall–Kier alpha value is -2.45. The fourth-order valence-corrected chi connectivity index (χ4v) is 1.51. The second-order valence-electron chi connectivity index (χ2n) is 3.93. The van der Waals surface area contributed by atoms with E-state index in [9.17, 15) is 18.0 Å². The largest absolute Gasteiger partial charge is 0.465 e. The SMILES string of the molecule is N/C(=N\O)[C@H](Cc1ccc(C(F)(F)F)cc1)NC(=O)O. The van der Waals surface area contributed by atoms with Crippen molar-refractivity contribution in [2.75, 3.05) is 0 Å². The second kappa shape index (κ2) is 6.13. The lowest BCUT2D eigenvalue weighted by Crippen LogP contribution is -2.45. The fraction of sp³-hybridized carbons (Fsp3) is 0.273. The van der Waals surface area contributed by atoms with E-state index >= 15 is 0 Å². The molecule has 0 heterocycles. The predicted octanol–water partition coefficient (Wildman–Crippen LogP) is 1.63. The van der Waals surface area contributed by atoms with Crippen LogP contribution in [0.4, 0.5) is 18.0 Å². The molecular formula is C11H12F3N3O3. The van der Waals surface area contributed by atoms with Crippen LogP contribution in [0, 0.1) is 0 Å². The average molecular weight is 291 g/mol. The van der Waals surface area contributed by atoms with E-state index < -0.39 is 23.9 Å². The molecule has 20 heavy (non-hydrogen) atoms. The number of amidine groups is 1. The van der Waals surface area contributed by atoms with E-state index in [-0.39, 0.29) is 12.3 Å². The maximum Gasteiger partial charge on any atom is 0.416 e. The van der Waals surface area contributed by atoms with Crippen LogP contribution in [-0.2, 0) is 12.6 Å². The summed E-state index contributed by atoms with van der Waals surface area (Å²) in [4.78, 5) is 10.6. The van der Waals surface area contributed by atoms with Crippen LogP contribution in [0.5, 0.6) is 0 Å². The molecule has 110 valence electrons. The molecule has 9 heteroatoms. The third-order valence-electron chi connectivity index (χ3n) is 2.49. The van der Waals surface area contributed by atoms with Gasteiger partial charge in [-0.15, -0.1) is 0 Å². The number of hydrogen-bond acceptors (Lipinski definition) is 3. The molecule has 1 atom stereocenters. The second-order valence-corrected chi connectivity index (χ2v) is 3.93. The molecule has 0 aromatic heterocycles. The standard InChI is InChI=1S/C11H12F3N3O3/c12-11(13,14)7-3-1-6(2-4-7)5-8(9(15)17-20)16-10(18)19/h1-4,8,16,20H,5H2,(H2,15,17)(H,18,19)/t8-/m0/s1. The van der Waals surface area contributed by atoms with Gasteiger partial charge in [-0.25, -0.2) is 4.79 Å². The van der Waals surface area contributed by atoms with Crippen molar-refractivity contribution in [3.8, 4) is 0 Å². The van der Waals surface area contributed by atoms with Crippen molar-refractivity contribution in [1.29, 1.82) is 0 Å². The highest BCUT2D eigenvalue weighted by Gasteiger charge is 2.30. The number of alkyl halides is 3. The van der Waals surface area contributed by atoms with Crippen molar-refractivity contribution in [1.82, 2.24) is 5.32 Å². The zero-order valence-corrected chi connectivity index (χ0v) is 10.1. The predicted molar refractivity (Wildman–Crippen MR) is 63.5 cm³/mol. The highest BCUT2D eigenvalue weighted by atomic mass is 19.4. The van der Waals surface area contributed by atoms with E-state index in [0.717, 1.165) is 12.1 Å². The normalized spacial score (nSPS) is 13.8. The lowest BCUT2D eigenvalue weighted by atomic mass is 10.0. The third-order valence-corrected chi connectivity index (χ3v) is 2.49. The summed E-state index contributed by atoms with van der Waals surface area (Å²) in [5.74, 6) is -0.382. The van der Waals surface area contributed by atoms with Crippen LogP contribution in [0.1, 0.15) is 11.1 Å². The number of amides is 1. The van der Waals surface area contributed by atoms with Crippen LogP contribution < -0.4 is 11.1 Å². The first-order valence-corrected chi connectivity index (χ1v) is 5.37. The molecule has 1 amide bonds. The molecule has 0 fully saturated rings. The van der Waals surface area contributed by atoms with Gasteiger partial charge in [0.1, 0.15) is 0 Å². The highest BCUT2D eigenvalue weighted by molar-refractivity contribution is 5.88. The van der Waals surface area contributed by atoms with Gasteiger partial charge in [-0.1, -0.05) is 17.3 Å². The number of carboxylic acid groups (broad SMARTS) is 1. The molecular weight excluding hydrogens is 279 g/mol. The minimum atomic E-state index is -4.44. The molecule has 0 aliphatic carbocycles. The number of nitrogens with zero attached hydrogens (tertiary/aromatic N) is 1. The van der Waals surface area contributed by atoms with E-state index in [1.165, 1.54) is 12.1 Å². The molecule has 0 unspecified atom stereocenters. The molecule has 0 radical (unpaired) electrons. The minimum absolute atomic E-state index is 0.0413. The summed E-state index contributed by atoms with van der Waals surface area (Å²) >= 11 is 0. The Morgan fingerprint density at radius 2 is 1.90 bits per heavy atom. The summed E-state index contributed by atoms with van der Waals surface area (Å²) in [5, 5.41) is 21.8. The number of rotatable bonds is 4. The van der Waals surface area contributed by atoms with Gasteiger partial charge in [0.05, 0.1) is 11.6 Å². The number of nitrogens with one attached hydrogen (secondary N) is 1. The highest BCUT2D eigenvalue weighted by Crippen LogP contribution is 2.29. The van der Waals surface area contributed by atoms with Crippen LogP contribution in [-0.4, -0.2) is 28.3 Å². The fourth-order valence-electron chi connectivity index (χ4n) is 1.51. The van der Waals surface area contributed by atoms with Crippen LogP contribution in [0.2, 0.25) is 0 Å². The van der Waals surface area contributed by atoms with Crippen molar-refractivity contribution in [3.63, 3.8) is 0 Å². The van der Waals surface area contributed by atoms with E-state index in [4.69, 9.17) is 16.0 Å². The summed E-state index contributed by atoms with van der Waals surface area (Å²) in [6.45, 7) is 0. The zero-order valence-electron chi connectivity index (χ0n) is 10.1. The zero-order chi connectivity index (χ0) is 15.3. The van der Waals surface area contributed by atoms with Gasteiger partial charge in [-0.05, 0) is 17.7 Å². The van der Waals surface area contributed by atoms with Crippen molar-refractivity contribution >= 4 is 11.9 Å². The molecule has 0 saturated heterocycles. The van der Waals surface area contributed by atoms with Gasteiger partial charge in [0.15, 0.2) is 5.84 Å². The maximum atomic E-state index is 12.4. The summed E-state index contributed by atoms with van der Waals surface area (Å²) in [6, 6.07) is 3.11. The number of nitrogens with two attached hydrogens (primary N) is 1. The van der Waals surface area contributed by atoms with Crippen LogP contribution in [0.15, 0.2) is 29.4 Å². The third kappa shape index (κ3) is 4.34. The monoisotopic (exact) mass is 291 g/mol. The Bertz CT molecular complexity index is 500. The Morgan fingerprint density at radius 3 is 2.30 bits per heavy atom. The number of oxime groups is 1. The van der Waals surface area contributed by atoms with Crippen LogP contribution >= 0.6 is 0 Å². The van der Waals surface area contributed by atoms with Gasteiger partial charge in [0.25, 0.3) is 0 Å². The lowest BCUT2D eigenvalue weighted by molar-refractivity contribution is -0.137. The summed E-state index contributed by atoms with van der Waals surface area (Å²) in [5.41, 5.74) is 4.90. The van der Waals surface area contributed by atoms with Gasteiger partial charge in [-0.3, -0.25) is 0 Å². The smallest absolute Gasteiger partial charge is 0.416 e. The summed E-state index contributed by atoms with van der Waals surface area (Å²) in [6.07, 6.45) is -5.88. The lowest BCUT2D eigenvalue weighted by Gasteiger charge is -2.15. The topological polar surface area (TPSA) is 108 Å².